The molecular formula is C11H8FNO5. The van der Waals surface area contributed by atoms with E-state index in [2.05, 4.69) is 5.92 Å². The van der Waals surface area contributed by atoms with Crippen molar-refractivity contribution >= 4 is 11.7 Å². The molecule has 0 aliphatic heterocycles. The van der Waals surface area contributed by atoms with Gasteiger partial charge in [-0.1, -0.05) is 0 Å². The maximum atomic E-state index is 13.3. The van der Waals surface area contributed by atoms with E-state index >= 15 is 0 Å². The Balaban J connectivity index is 3.18. The Morgan fingerprint density at radius 3 is 2.78 bits per heavy atom. The Morgan fingerprint density at radius 2 is 2.28 bits per heavy atom. The van der Waals surface area contributed by atoms with E-state index < -0.39 is 28.0 Å². The van der Waals surface area contributed by atoms with Crippen LogP contribution in [-0.2, 0) is 0 Å². The minimum atomic E-state index is -1.54. The fraction of sp³-hybridized carbons (Fsp3) is 0.182. The lowest BCUT2D eigenvalue weighted by Crippen LogP contribution is -2.06. The third-order valence-electron chi connectivity index (χ3n) is 1.98. The summed E-state index contributed by atoms with van der Waals surface area (Å²) < 4.78 is 18.2. The molecule has 7 heteroatoms. The summed E-state index contributed by atoms with van der Waals surface area (Å²) in [6.45, 7) is -0.0258. The molecule has 0 amide bonds. The number of ether oxygens (including phenoxy) is 1. The fourth-order valence-electron chi connectivity index (χ4n) is 1.18. The zero-order valence-corrected chi connectivity index (χ0v) is 9.05. The molecule has 0 aromatic heterocycles. The van der Waals surface area contributed by atoms with E-state index in [0.29, 0.717) is 6.07 Å². The third-order valence-corrected chi connectivity index (χ3v) is 1.98. The maximum absolute atomic E-state index is 13.3. The molecule has 6 nitrogen and oxygen atoms in total. The van der Waals surface area contributed by atoms with Crippen molar-refractivity contribution in [3.05, 3.63) is 33.6 Å². The molecule has 94 valence electrons. The lowest BCUT2D eigenvalue weighted by Gasteiger charge is -2.06. The zero-order chi connectivity index (χ0) is 13.7. The normalized spacial score (nSPS) is 9.56. The van der Waals surface area contributed by atoms with Crippen molar-refractivity contribution in [2.75, 3.05) is 6.61 Å². The summed E-state index contributed by atoms with van der Waals surface area (Å²) in [6, 6.07) is 1.28. The van der Waals surface area contributed by atoms with E-state index in [1.165, 1.54) is 0 Å². The number of nitro benzene ring substituents is 1. The van der Waals surface area contributed by atoms with E-state index in [-0.39, 0.29) is 18.8 Å². The standard InChI is InChI=1S/C11H8FNO5/c1-2-3-4-18-10-5-7(11(14)15)8(12)6-9(10)13(16)17/h1,5-6H,3-4H2,(H,14,15). The SMILES string of the molecule is C#CCCOc1cc(C(=O)O)c(F)cc1[N+](=O)[O-]. The molecule has 0 aliphatic carbocycles. The van der Waals surface area contributed by atoms with Crippen molar-refractivity contribution in [2.45, 2.75) is 6.42 Å². The first-order chi connectivity index (χ1) is 8.47. The monoisotopic (exact) mass is 253 g/mol. The molecule has 0 heterocycles. The van der Waals surface area contributed by atoms with Crippen molar-refractivity contribution in [3.8, 4) is 18.1 Å². The number of halogens is 1. The highest BCUT2D eigenvalue weighted by atomic mass is 19.1. The average Bonchev–Trinajstić information content (AvgIpc) is 2.30. The Kier molecular flexibility index (Phi) is 4.21. The quantitative estimate of drug-likeness (QED) is 0.374. The number of terminal acetylenes is 1. The second-order valence-corrected chi connectivity index (χ2v) is 3.16. The molecule has 1 aromatic carbocycles. The Hall–Kier alpha value is -2.62. The summed E-state index contributed by atoms with van der Waals surface area (Å²) in [5, 5.41) is 19.4. The van der Waals surface area contributed by atoms with Crippen LogP contribution in [0.2, 0.25) is 0 Å². The number of nitro groups is 1. The minimum Gasteiger partial charge on any atom is -0.486 e. The van der Waals surface area contributed by atoms with Crippen molar-refractivity contribution < 1.29 is 24.0 Å². The van der Waals surface area contributed by atoms with Gasteiger partial charge >= 0.3 is 11.7 Å². The summed E-state index contributed by atoms with van der Waals surface area (Å²) >= 11 is 0. The Labute approximate surface area is 101 Å². The Morgan fingerprint density at radius 1 is 1.61 bits per heavy atom. The first kappa shape index (κ1) is 13.4. The molecule has 0 aliphatic rings. The first-order valence-electron chi connectivity index (χ1n) is 4.75. The van der Waals surface area contributed by atoms with Crippen LogP contribution in [0.4, 0.5) is 10.1 Å². The van der Waals surface area contributed by atoms with Gasteiger partial charge in [-0.2, -0.15) is 0 Å². The summed E-state index contributed by atoms with van der Waals surface area (Å²) in [7, 11) is 0. The van der Waals surface area contributed by atoms with Gasteiger partial charge in [0.2, 0.25) is 0 Å². The van der Waals surface area contributed by atoms with Gasteiger partial charge in [-0.05, 0) is 0 Å². The highest BCUT2D eigenvalue weighted by Gasteiger charge is 2.22. The van der Waals surface area contributed by atoms with Crippen LogP contribution in [0.5, 0.6) is 5.75 Å². The molecule has 18 heavy (non-hydrogen) atoms. The molecule has 0 unspecified atom stereocenters. The van der Waals surface area contributed by atoms with Crippen LogP contribution in [0.1, 0.15) is 16.8 Å². The smallest absolute Gasteiger partial charge is 0.338 e. The molecule has 0 bridgehead atoms. The number of nitrogens with zero attached hydrogens (tertiary/aromatic N) is 1. The summed E-state index contributed by atoms with van der Waals surface area (Å²) in [5.41, 5.74) is -1.34. The first-order valence-corrected chi connectivity index (χ1v) is 4.75. The topological polar surface area (TPSA) is 89.7 Å². The van der Waals surface area contributed by atoms with Gasteiger partial charge in [-0.25, -0.2) is 9.18 Å². The molecule has 1 rings (SSSR count). The molecular weight excluding hydrogens is 245 g/mol. The number of benzene rings is 1. The third kappa shape index (κ3) is 2.95. The molecule has 0 atom stereocenters. The number of hydrogen-bond donors (Lipinski definition) is 1. The largest absolute Gasteiger partial charge is 0.486 e. The van der Waals surface area contributed by atoms with Gasteiger partial charge < -0.3 is 9.84 Å². The van der Waals surface area contributed by atoms with Gasteiger partial charge in [-0.3, -0.25) is 10.1 Å². The van der Waals surface area contributed by atoms with E-state index in [9.17, 15) is 19.3 Å². The second-order valence-electron chi connectivity index (χ2n) is 3.16. The molecule has 1 aromatic rings. The van der Waals surface area contributed by atoms with Crippen LogP contribution in [0.25, 0.3) is 0 Å². The van der Waals surface area contributed by atoms with Gasteiger partial charge in [0.05, 0.1) is 23.2 Å². The number of carbonyl (C=O) groups is 1. The molecule has 0 radical (unpaired) electrons. The number of aromatic carboxylic acids is 1. The molecule has 0 saturated heterocycles. The van der Waals surface area contributed by atoms with Crippen molar-refractivity contribution in [1.29, 1.82) is 0 Å². The number of carboxylic acids is 1. The van der Waals surface area contributed by atoms with Crippen LogP contribution in [0.15, 0.2) is 12.1 Å². The average molecular weight is 253 g/mol. The van der Waals surface area contributed by atoms with E-state index in [1.54, 1.807) is 0 Å². The molecule has 0 fully saturated rings. The number of carboxylic acid groups (broad SMARTS) is 1. The van der Waals surface area contributed by atoms with Crippen LogP contribution >= 0.6 is 0 Å². The Bertz CT molecular complexity index is 535. The lowest BCUT2D eigenvalue weighted by molar-refractivity contribution is -0.386. The van der Waals surface area contributed by atoms with Crippen LogP contribution in [-0.4, -0.2) is 22.6 Å². The van der Waals surface area contributed by atoms with E-state index in [0.717, 1.165) is 6.07 Å². The molecule has 0 saturated carbocycles. The summed E-state index contributed by atoms with van der Waals surface area (Å²) in [4.78, 5) is 20.5. The van der Waals surface area contributed by atoms with Gasteiger partial charge in [-0.15, -0.1) is 12.3 Å². The zero-order valence-electron chi connectivity index (χ0n) is 9.05. The molecule has 0 spiro atoms. The van der Waals surface area contributed by atoms with Crippen molar-refractivity contribution in [3.63, 3.8) is 0 Å². The predicted molar refractivity (Wildman–Crippen MR) is 59.0 cm³/mol. The van der Waals surface area contributed by atoms with Gasteiger partial charge in [0, 0.05) is 12.5 Å². The highest BCUT2D eigenvalue weighted by molar-refractivity contribution is 5.89. The van der Waals surface area contributed by atoms with Crippen LogP contribution < -0.4 is 4.74 Å². The number of hydrogen-bond acceptors (Lipinski definition) is 4. The molecule has 1 N–H and O–H groups in total. The van der Waals surface area contributed by atoms with Gasteiger partial charge in [0.15, 0.2) is 5.75 Å². The predicted octanol–water partition coefficient (Wildman–Crippen LogP) is 1.83. The highest BCUT2D eigenvalue weighted by Crippen LogP contribution is 2.30. The number of rotatable bonds is 5. The van der Waals surface area contributed by atoms with Gasteiger partial charge in [0.25, 0.3) is 0 Å². The fourth-order valence-corrected chi connectivity index (χ4v) is 1.18. The van der Waals surface area contributed by atoms with E-state index in [1.807, 2.05) is 0 Å². The van der Waals surface area contributed by atoms with Gasteiger partial charge in [0.1, 0.15) is 5.82 Å². The minimum absolute atomic E-state index is 0.0258. The van der Waals surface area contributed by atoms with E-state index in [4.69, 9.17) is 16.3 Å². The lowest BCUT2D eigenvalue weighted by atomic mass is 10.2. The summed E-state index contributed by atoms with van der Waals surface area (Å²) in [6.07, 6.45) is 5.17. The van der Waals surface area contributed by atoms with Crippen molar-refractivity contribution in [2.24, 2.45) is 0 Å². The second kappa shape index (κ2) is 5.63. The summed E-state index contributed by atoms with van der Waals surface area (Å²) in [5.74, 6) is -0.808. The van der Waals surface area contributed by atoms with Crippen LogP contribution in [0.3, 0.4) is 0 Å². The maximum Gasteiger partial charge on any atom is 0.338 e. The van der Waals surface area contributed by atoms with Crippen molar-refractivity contribution in [1.82, 2.24) is 0 Å². The van der Waals surface area contributed by atoms with Crippen LogP contribution in [0, 0.1) is 28.3 Å².